The normalized spacial score (nSPS) is 11.6. The maximum absolute atomic E-state index is 13.7. The first kappa shape index (κ1) is 25.7. The van der Waals surface area contributed by atoms with Crippen LogP contribution in [0.2, 0.25) is 0 Å². The van der Waals surface area contributed by atoms with Gasteiger partial charge < -0.3 is 10.2 Å². The summed E-state index contributed by atoms with van der Waals surface area (Å²) in [5, 5.41) is 3.07. The number of nitrogens with zero attached hydrogens (tertiary/aromatic N) is 1. The van der Waals surface area contributed by atoms with Gasteiger partial charge in [-0.05, 0) is 42.2 Å². The van der Waals surface area contributed by atoms with Gasteiger partial charge in [0.15, 0.2) is 0 Å². The fourth-order valence-corrected chi connectivity index (χ4v) is 4.44. The molecule has 0 saturated carbocycles. The van der Waals surface area contributed by atoms with E-state index in [0.29, 0.717) is 19.5 Å². The Hall–Kier alpha value is -2.92. The van der Waals surface area contributed by atoms with Crippen molar-refractivity contribution in [1.82, 2.24) is 10.2 Å². The van der Waals surface area contributed by atoms with Crippen LogP contribution >= 0.6 is 15.9 Å². The average Bonchev–Trinajstić information content (AvgIpc) is 2.82. The molecule has 0 aromatic heterocycles. The lowest BCUT2D eigenvalue weighted by Gasteiger charge is -2.32. The van der Waals surface area contributed by atoms with E-state index >= 15 is 0 Å². The van der Waals surface area contributed by atoms with Gasteiger partial charge in [-0.2, -0.15) is 0 Å². The van der Waals surface area contributed by atoms with E-state index < -0.39 is 6.04 Å². The number of aryl methyl sites for hydroxylation is 1. The smallest absolute Gasteiger partial charge is 0.243 e. The fourth-order valence-electron chi connectivity index (χ4n) is 3.99. The van der Waals surface area contributed by atoms with E-state index in [1.165, 1.54) is 0 Å². The van der Waals surface area contributed by atoms with Gasteiger partial charge in [0.05, 0.1) is 6.42 Å². The Balaban J connectivity index is 1.94. The number of carbonyl (C=O) groups is 2. The van der Waals surface area contributed by atoms with E-state index in [1.807, 2.05) is 85.8 Å². The molecule has 0 fully saturated rings. The summed E-state index contributed by atoms with van der Waals surface area (Å²) in [4.78, 5) is 28.9. The van der Waals surface area contributed by atoms with E-state index in [1.54, 1.807) is 4.90 Å². The van der Waals surface area contributed by atoms with E-state index in [0.717, 1.165) is 39.6 Å². The standard InChI is InChI=1S/C29H33BrN2O2/c1-3-4-16-31-29(34)27(19-23-11-6-5-7-12-23)32(21-25-14-9-15-26(30)18-25)28(33)20-24-13-8-10-22(2)17-24/h5-15,17-18,27H,3-4,16,19-21H2,1-2H3,(H,31,34)/t27-/m0/s1. The molecule has 0 heterocycles. The highest BCUT2D eigenvalue weighted by atomic mass is 79.9. The molecule has 0 unspecified atom stereocenters. The Bertz CT molecular complexity index is 1080. The maximum atomic E-state index is 13.7. The van der Waals surface area contributed by atoms with Gasteiger partial charge in [-0.25, -0.2) is 0 Å². The highest BCUT2D eigenvalue weighted by molar-refractivity contribution is 9.10. The fraction of sp³-hybridized carbons (Fsp3) is 0.310. The van der Waals surface area contributed by atoms with Gasteiger partial charge in [-0.1, -0.05) is 102 Å². The van der Waals surface area contributed by atoms with Crippen molar-refractivity contribution in [1.29, 1.82) is 0 Å². The first-order chi connectivity index (χ1) is 16.5. The lowest BCUT2D eigenvalue weighted by molar-refractivity contribution is -0.140. The zero-order valence-corrected chi connectivity index (χ0v) is 21.6. The molecule has 0 bridgehead atoms. The maximum Gasteiger partial charge on any atom is 0.243 e. The van der Waals surface area contributed by atoms with Crippen LogP contribution in [-0.4, -0.2) is 29.3 Å². The molecule has 2 amide bonds. The molecule has 34 heavy (non-hydrogen) atoms. The Labute approximate surface area is 211 Å². The molecule has 0 spiro atoms. The van der Waals surface area contributed by atoms with Crippen LogP contribution in [0, 0.1) is 6.92 Å². The zero-order chi connectivity index (χ0) is 24.3. The molecule has 1 atom stereocenters. The van der Waals surface area contributed by atoms with Gasteiger partial charge in [-0.3, -0.25) is 9.59 Å². The number of nitrogens with one attached hydrogen (secondary N) is 1. The summed E-state index contributed by atoms with van der Waals surface area (Å²) in [6, 6.07) is 25.2. The minimum atomic E-state index is -0.601. The number of unbranched alkanes of at least 4 members (excludes halogenated alkanes) is 1. The summed E-state index contributed by atoms with van der Waals surface area (Å²) in [6.07, 6.45) is 2.62. The van der Waals surface area contributed by atoms with Crippen molar-refractivity contribution in [2.75, 3.05) is 6.54 Å². The topological polar surface area (TPSA) is 49.4 Å². The molecule has 0 aliphatic rings. The molecule has 178 valence electrons. The molecule has 0 aliphatic carbocycles. The van der Waals surface area contributed by atoms with Crippen LogP contribution < -0.4 is 5.32 Å². The molecule has 0 saturated heterocycles. The lowest BCUT2D eigenvalue weighted by atomic mass is 10.0. The van der Waals surface area contributed by atoms with E-state index in [-0.39, 0.29) is 18.2 Å². The highest BCUT2D eigenvalue weighted by Gasteiger charge is 2.30. The van der Waals surface area contributed by atoms with Crippen LogP contribution in [0.4, 0.5) is 0 Å². The van der Waals surface area contributed by atoms with Gasteiger partial charge in [0.2, 0.25) is 11.8 Å². The summed E-state index contributed by atoms with van der Waals surface area (Å²) < 4.78 is 0.947. The van der Waals surface area contributed by atoms with Crippen molar-refractivity contribution >= 4 is 27.7 Å². The summed E-state index contributed by atoms with van der Waals surface area (Å²) >= 11 is 3.53. The molecule has 3 rings (SSSR count). The second kappa shape index (κ2) is 13.1. The molecular formula is C29H33BrN2O2. The minimum absolute atomic E-state index is 0.0582. The van der Waals surface area contributed by atoms with Gasteiger partial charge in [-0.15, -0.1) is 0 Å². The number of hydrogen-bond acceptors (Lipinski definition) is 2. The van der Waals surface area contributed by atoms with Crippen molar-refractivity contribution in [3.63, 3.8) is 0 Å². The molecule has 0 aliphatic heterocycles. The third-order valence-corrected chi connectivity index (χ3v) is 6.27. The molecule has 5 heteroatoms. The van der Waals surface area contributed by atoms with Crippen molar-refractivity contribution < 1.29 is 9.59 Å². The van der Waals surface area contributed by atoms with Gasteiger partial charge in [0.25, 0.3) is 0 Å². The number of amides is 2. The van der Waals surface area contributed by atoms with E-state index in [9.17, 15) is 9.59 Å². The summed E-state index contributed by atoms with van der Waals surface area (Å²) in [7, 11) is 0. The van der Waals surface area contributed by atoms with Crippen LogP contribution in [0.15, 0.2) is 83.3 Å². The Morgan fingerprint density at radius 2 is 1.62 bits per heavy atom. The van der Waals surface area contributed by atoms with Crippen LogP contribution in [0.5, 0.6) is 0 Å². The average molecular weight is 521 g/mol. The third-order valence-electron chi connectivity index (χ3n) is 5.78. The highest BCUT2D eigenvalue weighted by Crippen LogP contribution is 2.19. The molecule has 0 radical (unpaired) electrons. The Morgan fingerprint density at radius 1 is 0.912 bits per heavy atom. The van der Waals surface area contributed by atoms with Crippen molar-refractivity contribution in [2.24, 2.45) is 0 Å². The monoisotopic (exact) mass is 520 g/mol. The largest absolute Gasteiger partial charge is 0.354 e. The lowest BCUT2D eigenvalue weighted by Crippen LogP contribution is -2.51. The van der Waals surface area contributed by atoms with E-state index in [4.69, 9.17) is 0 Å². The van der Waals surface area contributed by atoms with Crippen molar-refractivity contribution in [3.8, 4) is 0 Å². The summed E-state index contributed by atoms with van der Waals surface area (Å²) in [5.74, 6) is -0.165. The molecule has 1 N–H and O–H groups in total. The molecule has 4 nitrogen and oxygen atoms in total. The summed E-state index contributed by atoms with van der Waals surface area (Å²) in [6.45, 7) is 5.09. The first-order valence-corrected chi connectivity index (χ1v) is 12.7. The first-order valence-electron chi connectivity index (χ1n) is 11.9. The van der Waals surface area contributed by atoms with Crippen LogP contribution in [0.25, 0.3) is 0 Å². The second-order valence-corrected chi connectivity index (χ2v) is 9.58. The molecule has 3 aromatic rings. The van der Waals surface area contributed by atoms with Crippen LogP contribution in [0.3, 0.4) is 0 Å². The van der Waals surface area contributed by atoms with Crippen LogP contribution in [-0.2, 0) is 29.0 Å². The number of hydrogen-bond donors (Lipinski definition) is 1. The molecule has 3 aromatic carbocycles. The number of rotatable bonds is 11. The Kier molecular flexibility index (Phi) is 9.89. The van der Waals surface area contributed by atoms with Gasteiger partial charge in [0.1, 0.15) is 6.04 Å². The predicted octanol–water partition coefficient (Wildman–Crippen LogP) is 5.86. The number of carbonyl (C=O) groups excluding carboxylic acids is 2. The predicted molar refractivity (Wildman–Crippen MR) is 141 cm³/mol. The quantitative estimate of drug-likeness (QED) is 0.322. The summed E-state index contributed by atoms with van der Waals surface area (Å²) in [5.41, 5.74) is 4.07. The SMILES string of the molecule is CCCCNC(=O)[C@H](Cc1ccccc1)N(Cc1cccc(Br)c1)C(=O)Cc1cccc(C)c1. The Morgan fingerprint density at radius 3 is 2.32 bits per heavy atom. The van der Waals surface area contributed by atoms with E-state index in [2.05, 4.69) is 28.2 Å². The third kappa shape index (κ3) is 7.84. The number of benzene rings is 3. The van der Waals surface area contributed by atoms with Crippen molar-refractivity contribution in [2.45, 2.75) is 52.1 Å². The second-order valence-electron chi connectivity index (χ2n) is 8.67. The van der Waals surface area contributed by atoms with Gasteiger partial charge >= 0.3 is 0 Å². The van der Waals surface area contributed by atoms with Crippen LogP contribution in [0.1, 0.15) is 42.0 Å². The van der Waals surface area contributed by atoms with Crippen molar-refractivity contribution in [3.05, 3.63) is 106 Å². The minimum Gasteiger partial charge on any atom is -0.354 e. The number of halogens is 1. The zero-order valence-electron chi connectivity index (χ0n) is 20.0. The molecular weight excluding hydrogens is 488 g/mol. The van der Waals surface area contributed by atoms with Gasteiger partial charge in [0, 0.05) is 24.0 Å².